The second-order valence-electron chi connectivity index (χ2n) is 19.6. The molecule has 2 aliphatic rings. The number of ketones is 1. The minimum atomic E-state index is 0.292. The summed E-state index contributed by atoms with van der Waals surface area (Å²) >= 11 is 2.51. The number of para-hydroxylation sites is 3. The number of nitrogens with zero attached hydrogens (tertiary/aromatic N) is 4. The molecule has 6 nitrogen and oxygen atoms in total. The van der Waals surface area contributed by atoms with Crippen LogP contribution in [0.5, 0.6) is 11.5 Å². The molecule has 13 rings (SSSR count). The fourth-order valence-corrected chi connectivity index (χ4v) is 12.8. The molecule has 2 aliphatic carbocycles. The van der Waals surface area contributed by atoms with Crippen molar-refractivity contribution in [3.8, 4) is 62.1 Å². The summed E-state index contributed by atoms with van der Waals surface area (Å²) in [7, 11) is 0. The van der Waals surface area contributed by atoms with Crippen LogP contribution in [0.4, 0.5) is 0 Å². The molecule has 0 amide bonds. The number of ether oxygens (including phenoxy) is 1. The Morgan fingerprint density at radius 1 is 0.556 bits per heavy atom. The number of hydrogen-bond donors (Lipinski definition) is 0. The average molecular weight is 1120 g/mol. The fraction of sp³-hybridized carbons (Fsp3) is 0.154. The summed E-state index contributed by atoms with van der Waals surface area (Å²) in [6.45, 7) is 2.20. The summed E-state index contributed by atoms with van der Waals surface area (Å²) in [5, 5.41) is 2.31. The molecule has 1 fully saturated rings. The smallest absolute Gasteiger partial charge is 0.0581 e. The van der Waals surface area contributed by atoms with Gasteiger partial charge in [-0.3, -0.25) is 0 Å². The average Bonchev–Trinajstić information content (AvgIpc) is 3.92. The molecular formula is C65H52N4O2Pt. The molecule has 3 aromatic heterocycles. The van der Waals surface area contributed by atoms with Gasteiger partial charge in [0.05, 0.1) is 0 Å². The summed E-state index contributed by atoms with van der Waals surface area (Å²) in [5.74, 6) is 3.32. The third kappa shape index (κ3) is 7.81. The van der Waals surface area contributed by atoms with E-state index in [4.69, 9.17) is 9.72 Å². The number of rotatable bonds is 9. The number of hydrogen-bond acceptors (Lipinski definition) is 3. The van der Waals surface area contributed by atoms with Gasteiger partial charge in [-0.15, -0.1) is 0 Å². The molecule has 11 aromatic rings. The van der Waals surface area contributed by atoms with Crippen LogP contribution in [-0.2, 0) is 37.0 Å². The van der Waals surface area contributed by atoms with Crippen molar-refractivity contribution < 1.29 is 28.9 Å². The maximum absolute atomic E-state index is 13.1. The molecule has 0 N–H and O–H groups in total. The Kier molecular flexibility index (Phi) is 11.4. The Morgan fingerprint density at radius 3 is 1.99 bits per heavy atom. The molecule has 0 unspecified atom stereocenters. The van der Waals surface area contributed by atoms with Crippen molar-refractivity contribution in [2.24, 2.45) is 0 Å². The molecule has 7 heteroatoms. The van der Waals surface area contributed by atoms with Crippen LogP contribution in [0.25, 0.3) is 83.4 Å². The van der Waals surface area contributed by atoms with Gasteiger partial charge in [-0.25, -0.2) is 0 Å². The topological polar surface area (TPSA) is 54.0 Å². The van der Waals surface area contributed by atoms with Crippen LogP contribution in [0.2, 0.25) is 0 Å². The van der Waals surface area contributed by atoms with E-state index < -0.39 is 0 Å². The van der Waals surface area contributed by atoms with Gasteiger partial charge in [0.15, 0.2) is 0 Å². The van der Waals surface area contributed by atoms with Crippen LogP contribution in [0.1, 0.15) is 66.7 Å². The summed E-state index contributed by atoms with van der Waals surface area (Å²) in [6, 6.07) is 67.1. The summed E-state index contributed by atoms with van der Waals surface area (Å²) in [4.78, 5) is 18.2. The van der Waals surface area contributed by atoms with Crippen LogP contribution in [0.15, 0.2) is 194 Å². The SMILES string of the molecule is Cc1cc(-n2c3ccccc3c3ccc(Oc4cccc(-n5[c](=[Pt])n(-c6c(-c7ccccc7)cc7c(c6-c6ccccc6)CCC(=O)C7)c6ccccc65)c4)cc32)ncc1-c1ccc(C2CCCCC2)cc1. The third-order valence-corrected chi connectivity index (χ3v) is 16.2. The van der Waals surface area contributed by atoms with Gasteiger partial charge >= 0.3 is 323 Å². The number of imidazole rings is 1. The molecule has 0 bridgehead atoms. The molecule has 3 heterocycles. The Hall–Kier alpha value is -7.66. The molecule has 0 atom stereocenters. The third-order valence-electron chi connectivity index (χ3n) is 15.2. The number of carbonyl (C=O) groups is 1. The first kappa shape index (κ1) is 44.3. The molecule has 0 radical (unpaired) electrons. The number of aromatic nitrogens is 4. The molecule has 0 saturated heterocycles. The molecule has 72 heavy (non-hydrogen) atoms. The summed E-state index contributed by atoms with van der Waals surface area (Å²) in [6.07, 6.45) is 10.4. The molecule has 354 valence electrons. The molecular weight excluding hydrogens is 1060 g/mol. The van der Waals surface area contributed by atoms with Crippen molar-refractivity contribution in [1.29, 1.82) is 0 Å². The van der Waals surface area contributed by atoms with Crippen molar-refractivity contribution in [1.82, 2.24) is 18.7 Å². The van der Waals surface area contributed by atoms with Crippen molar-refractivity contribution in [2.75, 3.05) is 0 Å². The van der Waals surface area contributed by atoms with E-state index in [1.54, 1.807) is 0 Å². The van der Waals surface area contributed by atoms with Crippen LogP contribution >= 0.6 is 0 Å². The minimum absolute atomic E-state index is 0.292. The van der Waals surface area contributed by atoms with E-state index in [0.717, 1.165) is 87.8 Å². The normalized spacial score (nSPS) is 14.1. The van der Waals surface area contributed by atoms with Crippen LogP contribution in [0.3, 0.4) is 0 Å². The van der Waals surface area contributed by atoms with Gasteiger partial charge in [0.1, 0.15) is 0 Å². The van der Waals surface area contributed by atoms with E-state index in [1.165, 1.54) is 65.3 Å². The number of aryl methyl sites for hydroxylation is 1. The van der Waals surface area contributed by atoms with E-state index in [0.29, 0.717) is 31.0 Å². The number of carbonyl (C=O) groups excluding carboxylic acids is 1. The van der Waals surface area contributed by atoms with Gasteiger partial charge in [-0.2, -0.15) is 0 Å². The van der Waals surface area contributed by atoms with Crippen molar-refractivity contribution in [2.45, 2.75) is 64.2 Å². The quantitative estimate of drug-likeness (QED) is 0.145. The van der Waals surface area contributed by atoms with Crippen LogP contribution in [0, 0.1) is 10.7 Å². The minimum Gasteiger partial charge on any atom is -0.0581 e. The maximum atomic E-state index is 13.1. The predicted molar refractivity (Wildman–Crippen MR) is 288 cm³/mol. The zero-order valence-electron chi connectivity index (χ0n) is 40.1. The second-order valence-corrected chi connectivity index (χ2v) is 20.6. The molecule has 8 aromatic carbocycles. The molecule has 1 saturated carbocycles. The Morgan fingerprint density at radius 2 is 1.22 bits per heavy atom. The number of fused-ring (bicyclic) bond motifs is 5. The molecule has 0 aliphatic heterocycles. The van der Waals surface area contributed by atoms with E-state index in [9.17, 15) is 4.79 Å². The van der Waals surface area contributed by atoms with Gasteiger partial charge in [0, 0.05) is 11.8 Å². The monoisotopic (exact) mass is 1120 g/mol. The number of benzene rings is 8. The van der Waals surface area contributed by atoms with Gasteiger partial charge in [-0.05, 0) is 42.4 Å². The van der Waals surface area contributed by atoms with Crippen molar-refractivity contribution >= 4 is 38.6 Å². The number of Topliss-reactive ketones (excluding diaryl/α,β-unsaturated/α-hetero) is 1. The molecule has 0 spiro atoms. The van der Waals surface area contributed by atoms with Gasteiger partial charge < -0.3 is 0 Å². The van der Waals surface area contributed by atoms with E-state index in [1.807, 2.05) is 12.3 Å². The van der Waals surface area contributed by atoms with Gasteiger partial charge in [0.2, 0.25) is 0 Å². The van der Waals surface area contributed by atoms with E-state index in [-0.39, 0.29) is 0 Å². The van der Waals surface area contributed by atoms with E-state index in [2.05, 4.69) is 222 Å². The van der Waals surface area contributed by atoms with Crippen LogP contribution < -0.4 is 4.74 Å². The van der Waals surface area contributed by atoms with Gasteiger partial charge in [-0.1, -0.05) is 55.7 Å². The Labute approximate surface area is 430 Å². The first-order valence-electron chi connectivity index (χ1n) is 25.3. The Bertz CT molecular complexity index is 3950. The standard InChI is InChI=1S/C65H52N4O2.Pt/c1-43-36-63(66-41-58(43)47-30-28-45(29-31-47)44-16-5-2-6-17-44)69-59-25-12-11-24-55(59)56-35-33-53(40-62(56)69)71-52-23-15-22-50(39-52)67-42-68(61-27-14-13-26-60(61)67)65-57(46-18-7-3-8-19-46)38-49-37-51(70)32-34-54(49)64(65)48-20-9-4-10-21-48;/h3-4,7-15,18-31,33,35-36,38-41,44H,2,5-6,16-17,32,34,37H2,1H3;. The van der Waals surface area contributed by atoms with Crippen molar-refractivity contribution in [3.63, 3.8) is 0 Å². The fourth-order valence-electron chi connectivity index (χ4n) is 11.8. The van der Waals surface area contributed by atoms with E-state index >= 15 is 0 Å². The zero-order valence-corrected chi connectivity index (χ0v) is 42.4. The zero-order chi connectivity index (χ0) is 48.3. The van der Waals surface area contributed by atoms with Gasteiger partial charge in [0.25, 0.3) is 0 Å². The van der Waals surface area contributed by atoms with Crippen LogP contribution in [-0.4, -0.2) is 24.5 Å². The first-order chi connectivity index (χ1) is 35.4. The first-order valence-corrected chi connectivity index (χ1v) is 26.5. The number of pyridine rings is 1. The predicted octanol–water partition coefficient (Wildman–Crippen LogP) is 16.2. The summed E-state index contributed by atoms with van der Waals surface area (Å²) in [5.41, 5.74) is 18.3. The Balaban J connectivity index is 0.898. The summed E-state index contributed by atoms with van der Waals surface area (Å²) < 4.78 is 14.9. The second kappa shape index (κ2) is 18.5. The van der Waals surface area contributed by atoms with Crippen molar-refractivity contribution in [3.05, 3.63) is 220 Å².